The molecule has 0 aromatic heterocycles. The highest BCUT2D eigenvalue weighted by Gasteiger charge is 2.13. The monoisotopic (exact) mass is 175 g/mol. The summed E-state index contributed by atoms with van der Waals surface area (Å²) in [6.45, 7) is 0. The molecule has 0 rings (SSSR count). The van der Waals surface area contributed by atoms with E-state index in [1.807, 2.05) is 0 Å². The van der Waals surface area contributed by atoms with Crippen molar-refractivity contribution in [3.05, 3.63) is 0 Å². The maximum absolute atomic E-state index is 9.84. The molecule has 46 valence electrons. The van der Waals surface area contributed by atoms with Gasteiger partial charge in [0.25, 0.3) is 0 Å². The predicted molar refractivity (Wildman–Crippen MR) is 30.2 cm³/mol. The van der Waals surface area contributed by atoms with Crippen molar-refractivity contribution in [1.29, 1.82) is 0 Å². The summed E-state index contributed by atoms with van der Waals surface area (Å²) >= 11 is 14.2. The van der Waals surface area contributed by atoms with Gasteiger partial charge in [0.05, 0.1) is 0 Å². The average molecular weight is 176 g/mol. The van der Waals surface area contributed by atoms with Gasteiger partial charge in [-0.2, -0.15) is 4.42 Å². The first kappa shape index (κ1) is 8.01. The van der Waals surface area contributed by atoms with Gasteiger partial charge in [-0.15, -0.1) is 0 Å². The first-order chi connectivity index (χ1) is 3.55. The van der Waals surface area contributed by atoms with Crippen LogP contribution in [0.4, 0.5) is 9.59 Å². The van der Waals surface area contributed by atoms with E-state index < -0.39 is 10.7 Å². The van der Waals surface area contributed by atoms with E-state index in [0.717, 1.165) is 0 Å². The molecule has 0 N–H and O–H groups in total. The molecule has 6 heteroatoms. The second kappa shape index (κ2) is 3.12. The molecule has 0 saturated heterocycles. The molecule has 0 atom stereocenters. The van der Waals surface area contributed by atoms with Gasteiger partial charge in [-0.05, 0) is 23.2 Å². The Labute approximate surface area is 60.2 Å². The predicted octanol–water partition coefficient (Wildman–Crippen LogP) is 2.16. The molecule has 0 aromatic rings. The minimum atomic E-state index is -1.12. The van der Waals surface area contributed by atoms with E-state index in [1.54, 1.807) is 0 Å². The Balaban J connectivity index is 3.83. The van der Waals surface area contributed by atoms with Crippen molar-refractivity contribution in [3.8, 4) is 0 Å². The number of carbonyl (C=O) groups is 2. The number of carbonyl (C=O) groups excluding carboxylic acids is 2. The maximum Gasteiger partial charge on any atom is 0.338 e. The Morgan fingerprint density at radius 2 is 1.38 bits per heavy atom. The van der Waals surface area contributed by atoms with Crippen molar-refractivity contribution >= 4 is 45.7 Å². The van der Waals surface area contributed by atoms with Crippen molar-refractivity contribution in [2.75, 3.05) is 0 Å². The first-order valence-corrected chi connectivity index (χ1v) is 2.50. The second-order valence-corrected chi connectivity index (χ2v) is 1.77. The Morgan fingerprint density at radius 1 is 1.12 bits per heavy atom. The molecule has 2 amide bonds. The van der Waals surface area contributed by atoms with Crippen LogP contribution in [0.25, 0.3) is 0 Å². The third kappa shape index (κ3) is 2.35. The Bertz CT molecular complexity index is 110. The van der Waals surface area contributed by atoms with Crippen LogP contribution in [0, 0.1) is 0 Å². The summed E-state index contributed by atoms with van der Waals surface area (Å²) in [5, 5.41) is -2.24. The minimum absolute atomic E-state index is 0.0586. The Kier molecular flexibility index (Phi) is 3.12. The van der Waals surface area contributed by atoms with Gasteiger partial charge in [0.15, 0.2) is 0 Å². The van der Waals surface area contributed by atoms with E-state index in [1.165, 1.54) is 0 Å². The number of amides is 2. The van der Waals surface area contributed by atoms with Crippen LogP contribution in [-0.4, -0.2) is 15.2 Å². The fraction of sp³-hybridized carbons (Fsp3) is 0. The van der Waals surface area contributed by atoms with Crippen molar-refractivity contribution in [2.45, 2.75) is 0 Å². The zero-order chi connectivity index (χ0) is 6.73. The summed E-state index contributed by atoms with van der Waals surface area (Å²) in [7, 11) is 0. The van der Waals surface area contributed by atoms with Gasteiger partial charge < -0.3 is 0 Å². The largest absolute Gasteiger partial charge is 0.338 e. The highest BCUT2D eigenvalue weighted by molar-refractivity contribution is 6.74. The molecule has 8 heavy (non-hydrogen) atoms. The van der Waals surface area contributed by atoms with E-state index in [9.17, 15) is 9.59 Å². The fourth-order valence-corrected chi connectivity index (χ4v) is 0.266. The van der Waals surface area contributed by atoms with Gasteiger partial charge in [0, 0.05) is 11.8 Å². The summed E-state index contributed by atoms with van der Waals surface area (Å²) in [4.78, 5) is 19.7. The summed E-state index contributed by atoms with van der Waals surface area (Å²) in [6, 6.07) is 0. The van der Waals surface area contributed by atoms with E-state index >= 15 is 0 Å². The standard InChI is InChI=1S/C2Cl3NO2/c3-1(7)6(5)2(4)8. The molecule has 0 aliphatic heterocycles. The van der Waals surface area contributed by atoms with E-state index in [0.29, 0.717) is 0 Å². The molecule has 0 radical (unpaired) electrons. The number of imide groups is 1. The molecule has 0 aliphatic carbocycles. The second-order valence-electron chi connectivity index (χ2n) is 0.787. The number of hydrogen-bond donors (Lipinski definition) is 0. The van der Waals surface area contributed by atoms with Gasteiger partial charge in [-0.3, -0.25) is 9.59 Å². The molecule has 0 unspecified atom stereocenters. The van der Waals surface area contributed by atoms with Crippen LogP contribution in [-0.2, 0) is 0 Å². The van der Waals surface area contributed by atoms with Crippen molar-refractivity contribution < 1.29 is 9.59 Å². The smallest absolute Gasteiger partial charge is 0.254 e. The van der Waals surface area contributed by atoms with Crippen LogP contribution in [0.3, 0.4) is 0 Å². The van der Waals surface area contributed by atoms with Gasteiger partial charge >= 0.3 is 10.7 Å². The normalized spacial score (nSPS) is 8.38. The molecule has 0 heterocycles. The van der Waals surface area contributed by atoms with Gasteiger partial charge in [0.2, 0.25) is 0 Å². The zero-order valence-electron chi connectivity index (χ0n) is 3.40. The van der Waals surface area contributed by atoms with Crippen LogP contribution in [0.1, 0.15) is 0 Å². The van der Waals surface area contributed by atoms with E-state index in [2.05, 4.69) is 23.2 Å². The van der Waals surface area contributed by atoms with Crippen molar-refractivity contribution in [1.82, 2.24) is 4.42 Å². The van der Waals surface area contributed by atoms with E-state index in [-0.39, 0.29) is 4.42 Å². The van der Waals surface area contributed by atoms with Crippen LogP contribution >= 0.6 is 35.0 Å². The SMILES string of the molecule is O=C(Cl)N(Cl)C(=O)Cl. The summed E-state index contributed by atoms with van der Waals surface area (Å²) in [5.41, 5.74) is 0. The van der Waals surface area contributed by atoms with E-state index in [4.69, 9.17) is 11.8 Å². The molecule has 0 aromatic carbocycles. The highest BCUT2D eigenvalue weighted by Crippen LogP contribution is 2.04. The average Bonchev–Trinajstić information content (AvgIpc) is 1.64. The van der Waals surface area contributed by atoms with Crippen molar-refractivity contribution in [2.24, 2.45) is 0 Å². The fourth-order valence-electron chi connectivity index (χ4n) is 0.0691. The molecule has 0 bridgehead atoms. The lowest BCUT2D eigenvalue weighted by atomic mass is 11.2. The van der Waals surface area contributed by atoms with Gasteiger partial charge in [-0.1, -0.05) is 0 Å². The Hall–Kier alpha value is 0.01000. The van der Waals surface area contributed by atoms with Crippen LogP contribution in [0.15, 0.2) is 0 Å². The zero-order valence-corrected chi connectivity index (χ0v) is 5.67. The molecule has 0 aliphatic rings. The third-order valence-corrected chi connectivity index (χ3v) is 1.13. The lowest BCUT2D eigenvalue weighted by Gasteiger charge is -1.98. The lowest BCUT2D eigenvalue weighted by Crippen LogP contribution is -2.16. The number of nitrogens with zero attached hydrogens (tertiary/aromatic N) is 1. The molecular formula is C2Cl3NO2. The van der Waals surface area contributed by atoms with Crippen LogP contribution < -0.4 is 0 Å². The summed E-state index contributed by atoms with van der Waals surface area (Å²) in [5.74, 6) is 0. The number of hydrogen-bond acceptors (Lipinski definition) is 2. The van der Waals surface area contributed by atoms with Crippen molar-refractivity contribution in [3.63, 3.8) is 0 Å². The minimum Gasteiger partial charge on any atom is -0.254 e. The van der Waals surface area contributed by atoms with Crippen LogP contribution in [0.2, 0.25) is 0 Å². The first-order valence-electron chi connectivity index (χ1n) is 1.40. The third-order valence-electron chi connectivity index (χ3n) is 0.309. The topological polar surface area (TPSA) is 37.4 Å². The molecule has 0 fully saturated rings. The molecular weight excluding hydrogens is 176 g/mol. The van der Waals surface area contributed by atoms with Crippen LogP contribution in [0.5, 0.6) is 0 Å². The van der Waals surface area contributed by atoms with Gasteiger partial charge in [0.1, 0.15) is 0 Å². The molecule has 0 saturated carbocycles. The lowest BCUT2D eigenvalue weighted by molar-refractivity contribution is 0.234. The summed E-state index contributed by atoms with van der Waals surface area (Å²) in [6.07, 6.45) is 0. The quantitative estimate of drug-likeness (QED) is 0.322. The molecule has 0 spiro atoms. The number of halogens is 3. The number of rotatable bonds is 0. The van der Waals surface area contributed by atoms with Gasteiger partial charge in [-0.25, -0.2) is 0 Å². The highest BCUT2D eigenvalue weighted by atomic mass is 35.5. The summed E-state index contributed by atoms with van der Waals surface area (Å²) < 4.78 is 0.0586. The Morgan fingerprint density at radius 3 is 1.38 bits per heavy atom. The molecule has 3 nitrogen and oxygen atoms in total. The maximum atomic E-state index is 9.84.